The number of carbonyl (C=O) groups is 1. The fraction of sp³-hybridized carbons (Fsp3) is 0.189. The number of nitrogen functional groups attached to an aromatic ring is 1. The number of likely N-dealkylation sites (tertiary alicyclic amines) is 1. The molecule has 0 bridgehead atoms. The van der Waals surface area contributed by atoms with E-state index in [-0.39, 0.29) is 0 Å². The van der Waals surface area contributed by atoms with E-state index in [0.717, 1.165) is 78.1 Å². The summed E-state index contributed by atoms with van der Waals surface area (Å²) in [7, 11) is 1.58. The van der Waals surface area contributed by atoms with Crippen molar-refractivity contribution in [1.82, 2.24) is 24.4 Å². The largest absolute Gasteiger partial charge is 0.496 e. The van der Waals surface area contributed by atoms with Crippen molar-refractivity contribution in [1.29, 1.82) is 0 Å². The highest BCUT2D eigenvalue weighted by molar-refractivity contribution is 5.84. The maximum Gasteiger partial charge on any atom is 0.165 e. The highest BCUT2D eigenvalue weighted by Crippen LogP contribution is 2.32. The van der Waals surface area contributed by atoms with Gasteiger partial charge in [-0.15, -0.1) is 0 Å². The molecule has 7 rings (SSSR count). The first-order chi connectivity index (χ1) is 22.6. The van der Waals surface area contributed by atoms with Gasteiger partial charge in [-0.2, -0.15) is 0 Å². The second-order valence-electron chi connectivity index (χ2n) is 11.5. The van der Waals surface area contributed by atoms with Crippen LogP contribution in [0.4, 0.5) is 11.5 Å². The van der Waals surface area contributed by atoms with Crippen LogP contribution in [0.1, 0.15) is 28.8 Å². The second-order valence-corrected chi connectivity index (χ2v) is 11.5. The van der Waals surface area contributed by atoms with Gasteiger partial charge in [0.15, 0.2) is 17.8 Å². The van der Waals surface area contributed by atoms with E-state index < -0.39 is 0 Å². The summed E-state index contributed by atoms with van der Waals surface area (Å²) in [5.74, 6) is 1.72. The Morgan fingerprint density at radius 3 is 2.48 bits per heavy atom. The van der Waals surface area contributed by atoms with Gasteiger partial charge in [-0.25, -0.2) is 15.0 Å². The Morgan fingerprint density at radius 1 is 0.935 bits per heavy atom. The molecular formula is C37H35N7O2. The molecule has 3 N–H and O–H groups in total. The molecule has 230 valence electrons. The molecule has 46 heavy (non-hydrogen) atoms. The topological polar surface area (TPSA) is 111 Å². The van der Waals surface area contributed by atoms with Crippen molar-refractivity contribution >= 4 is 29.0 Å². The number of hydrogen-bond acceptors (Lipinski definition) is 8. The van der Waals surface area contributed by atoms with Crippen molar-refractivity contribution in [2.45, 2.75) is 25.4 Å². The van der Waals surface area contributed by atoms with Gasteiger partial charge in [0.1, 0.15) is 17.1 Å². The van der Waals surface area contributed by atoms with Crippen molar-refractivity contribution in [3.05, 3.63) is 114 Å². The van der Waals surface area contributed by atoms with Crippen LogP contribution >= 0.6 is 0 Å². The molecule has 0 aliphatic carbocycles. The Labute approximate surface area is 267 Å². The minimum atomic E-state index is 0.354. The number of nitrogens with two attached hydrogens (primary N) is 1. The number of aldehydes is 1. The van der Waals surface area contributed by atoms with Crippen LogP contribution in [0, 0.1) is 0 Å². The fourth-order valence-corrected chi connectivity index (χ4v) is 6.15. The zero-order valence-electron chi connectivity index (χ0n) is 25.6. The Morgan fingerprint density at radius 2 is 1.74 bits per heavy atom. The molecule has 9 heteroatoms. The number of nitrogens with one attached hydrogen (secondary N) is 1. The molecule has 1 fully saturated rings. The van der Waals surface area contributed by atoms with Crippen LogP contribution in [0.25, 0.3) is 39.5 Å². The van der Waals surface area contributed by atoms with Crippen LogP contribution in [0.2, 0.25) is 0 Å². The third-order valence-corrected chi connectivity index (χ3v) is 8.57. The van der Waals surface area contributed by atoms with Gasteiger partial charge in [0.2, 0.25) is 0 Å². The SMILES string of the molecule is COc1ccc(NC2CCN(Cc3ccc(-n4c(-c5cccnc5N)nc5ccc(-c6ccccc6)nc54)cc3)CC2)cc1C=O. The number of anilines is 2. The number of methoxy groups -OCH3 is 1. The highest BCUT2D eigenvalue weighted by Gasteiger charge is 2.21. The van der Waals surface area contributed by atoms with Crippen molar-refractivity contribution in [2.24, 2.45) is 0 Å². The number of benzene rings is 3. The summed E-state index contributed by atoms with van der Waals surface area (Å²) in [6.45, 7) is 2.84. The lowest BCUT2D eigenvalue weighted by Crippen LogP contribution is -2.38. The van der Waals surface area contributed by atoms with Gasteiger partial charge in [0, 0.05) is 48.8 Å². The number of aromatic nitrogens is 4. The highest BCUT2D eigenvalue weighted by atomic mass is 16.5. The van der Waals surface area contributed by atoms with Crippen molar-refractivity contribution in [2.75, 3.05) is 31.2 Å². The molecule has 1 aliphatic heterocycles. The van der Waals surface area contributed by atoms with Gasteiger partial charge in [-0.05, 0) is 73.0 Å². The standard InChI is InChI=1S/C37H35N7O2/c1-46-34-16-11-29(22-27(34)24-45)40-28-17-20-43(21-18-28)23-25-9-12-30(13-10-25)44-36(31-8-5-19-39-35(31)38)42-33-15-14-32(41-37(33)44)26-6-3-2-4-7-26/h2-16,19,22,24,28,40H,17-18,20-21,23H2,1H3,(H2,38,39). The minimum absolute atomic E-state index is 0.354. The predicted molar refractivity (Wildman–Crippen MR) is 182 cm³/mol. The maximum atomic E-state index is 11.4. The Kier molecular flexibility index (Phi) is 8.14. The summed E-state index contributed by atoms with van der Waals surface area (Å²) in [5, 5.41) is 3.60. The lowest BCUT2D eigenvalue weighted by molar-refractivity contribution is 0.112. The minimum Gasteiger partial charge on any atom is -0.496 e. The molecule has 4 heterocycles. The maximum absolute atomic E-state index is 11.4. The molecule has 1 aliphatic rings. The third-order valence-electron chi connectivity index (χ3n) is 8.57. The average molecular weight is 610 g/mol. The number of carbonyl (C=O) groups excluding carboxylic acids is 1. The lowest BCUT2D eigenvalue weighted by Gasteiger charge is -2.33. The van der Waals surface area contributed by atoms with Crippen LogP contribution in [0.15, 0.2) is 103 Å². The Bertz CT molecular complexity index is 1980. The second kappa shape index (κ2) is 12.8. The summed E-state index contributed by atoms with van der Waals surface area (Å²) < 4.78 is 7.35. The molecule has 3 aromatic heterocycles. The van der Waals surface area contributed by atoms with Gasteiger partial charge in [-0.1, -0.05) is 42.5 Å². The molecule has 0 radical (unpaired) electrons. The van der Waals surface area contributed by atoms with Crippen LogP contribution in [0.5, 0.6) is 5.75 Å². The molecule has 0 unspecified atom stereocenters. The molecular weight excluding hydrogens is 574 g/mol. The predicted octanol–water partition coefficient (Wildman–Crippen LogP) is 6.63. The van der Waals surface area contributed by atoms with Crippen molar-refractivity contribution in [3.63, 3.8) is 0 Å². The van der Waals surface area contributed by atoms with Gasteiger partial charge in [-0.3, -0.25) is 14.3 Å². The van der Waals surface area contributed by atoms with Crippen LogP contribution in [0.3, 0.4) is 0 Å². The molecule has 0 amide bonds. The Balaban J connectivity index is 1.10. The lowest BCUT2D eigenvalue weighted by atomic mass is 10.0. The van der Waals surface area contributed by atoms with Crippen molar-refractivity contribution < 1.29 is 9.53 Å². The molecule has 0 saturated carbocycles. The fourth-order valence-electron chi connectivity index (χ4n) is 6.15. The molecule has 3 aromatic carbocycles. The smallest absolute Gasteiger partial charge is 0.165 e. The first-order valence-corrected chi connectivity index (χ1v) is 15.5. The number of rotatable bonds is 9. The van der Waals surface area contributed by atoms with Gasteiger partial charge in [0.25, 0.3) is 0 Å². The van der Waals surface area contributed by atoms with Crippen molar-refractivity contribution in [3.8, 4) is 34.1 Å². The zero-order chi connectivity index (χ0) is 31.5. The van der Waals surface area contributed by atoms with E-state index in [0.29, 0.717) is 29.0 Å². The first-order valence-electron chi connectivity index (χ1n) is 15.5. The monoisotopic (exact) mass is 609 g/mol. The number of nitrogens with zero attached hydrogens (tertiary/aromatic N) is 5. The van der Waals surface area contributed by atoms with E-state index in [4.69, 9.17) is 20.4 Å². The van der Waals surface area contributed by atoms with E-state index in [9.17, 15) is 4.79 Å². The first kappa shape index (κ1) is 29.2. The normalized spacial score (nSPS) is 13.9. The van der Waals surface area contributed by atoms with Gasteiger partial charge >= 0.3 is 0 Å². The number of fused-ring (bicyclic) bond motifs is 1. The van der Waals surface area contributed by atoms with E-state index in [1.807, 2.05) is 60.7 Å². The number of pyridine rings is 2. The molecule has 9 nitrogen and oxygen atoms in total. The number of hydrogen-bond donors (Lipinski definition) is 2. The van der Waals surface area contributed by atoms with Crippen LogP contribution in [-0.4, -0.2) is 56.9 Å². The quantitative estimate of drug-likeness (QED) is 0.176. The number of piperidine rings is 1. The Hall–Kier alpha value is -5.54. The molecule has 0 spiro atoms. The van der Waals surface area contributed by atoms with E-state index in [1.165, 1.54) is 5.56 Å². The van der Waals surface area contributed by atoms with Gasteiger partial charge in [0.05, 0.1) is 23.9 Å². The summed E-state index contributed by atoms with van der Waals surface area (Å²) >= 11 is 0. The zero-order valence-corrected chi connectivity index (χ0v) is 25.6. The van der Waals surface area contributed by atoms with E-state index in [2.05, 4.69) is 56.2 Å². The number of ether oxygens (including phenoxy) is 1. The van der Waals surface area contributed by atoms with E-state index in [1.54, 1.807) is 13.3 Å². The summed E-state index contributed by atoms with van der Waals surface area (Å²) in [6, 6.07) is 32.6. The summed E-state index contributed by atoms with van der Waals surface area (Å²) in [6.07, 6.45) is 4.56. The number of imidazole rings is 1. The van der Waals surface area contributed by atoms with E-state index >= 15 is 0 Å². The molecule has 0 atom stereocenters. The molecule has 1 saturated heterocycles. The third kappa shape index (κ3) is 5.92. The van der Waals surface area contributed by atoms with Crippen LogP contribution < -0.4 is 15.8 Å². The summed E-state index contributed by atoms with van der Waals surface area (Å²) in [5.41, 5.74) is 14.3. The van der Waals surface area contributed by atoms with Gasteiger partial charge < -0.3 is 15.8 Å². The molecule has 6 aromatic rings. The average Bonchev–Trinajstić information content (AvgIpc) is 3.48. The summed E-state index contributed by atoms with van der Waals surface area (Å²) in [4.78, 5) is 28.3. The van der Waals surface area contributed by atoms with Crippen LogP contribution in [-0.2, 0) is 6.54 Å².